The maximum Gasteiger partial charge on any atom is 0.269 e. The molecular formula is C19H27N5O2. The predicted molar refractivity (Wildman–Crippen MR) is 98.5 cm³/mol. The first-order valence-electron chi connectivity index (χ1n) is 9.35. The van der Waals surface area contributed by atoms with Gasteiger partial charge in [-0.1, -0.05) is 25.3 Å². The van der Waals surface area contributed by atoms with E-state index in [0.29, 0.717) is 31.5 Å². The van der Waals surface area contributed by atoms with Crippen LogP contribution in [0.1, 0.15) is 54.1 Å². The molecule has 3 rings (SSSR count). The number of hydrogen-bond acceptors (Lipinski definition) is 5. The van der Waals surface area contributed by atoms with Crippen molar-refractivity contribution in [3.8, 4) is 0 Å². The van der Waals surface area contributed by atoms with Crippen LogP contribution in [0.15, 0.2) is 30.6 Å². The maximum atomic E-state index is 12.1. The summed E-state index contributed by atoms with van der Waals surface area (Å²) in [6.07, 6.45) is 10.00. The van der Waals surface area contributed by atoms with Gasteiger partial charge in [-0.05, 0) is 25.0 Å². The minimum Gasteiger partial charge on any atom is -0.377 e. The zero-order valence-corrected chi connectivity index (χ0v) is 15.0. The number of carbonyl (C=O) groups excluding carboxylic acids is 1. The third-order valence-corrected chi connectivity index (χ3v) is 4.51. The number of ether oxygens (including phenoxy) is 1. The summed E-state index contributed by atoms with van der Waals surface area (Å²) in [5, 5.41) is 6.12. The van der Waals surface area contributed by atoms with Gasteiger partial charge >= 0.3 is 0 Å². The average molecular weight is 357 g/mol. The van der Waals surface area contributed by atoms with Gasteiger partial charge in [0.05, 0.1) is 37.7 Å². The fraction of sp³-hybridized carbons (Fsp3) is 0.526. The number of nitrogens with zero attached hydrogens (tertiary/aromatic N) is 2. The topological polar surface area (TPSA) is 91.9 Å². The number of aromatic amines is 1. The van der Waals surface area contributed by atoms with Crippen molar-refractivity contribution in [2.24, 2.45) is 0 Å². The van der Waals surface area contributed by atoms with Crippen LogP contribution in [0, 0.1) is 0 Å². The predicted octanol–water partition coefficient (Wildman–Crippen LogP) is 2.17. The number of amides is 1. The van der Waals surface area contributed by atoms with Gasteiger partial charge in [-0.2, -0.15) is 0 Å². The van der Waals surface area contributed by atoms with E-state index in [0.717, 1.165) is 18.1 Å². The van der Waals surface area contributed by atoms with Gasteiger partial charge in [0.15, 0.2) is 0 Å². The van der Waals surface area contributed by atoms with Crippen LogP contribution >= 0.6 is 0 Å². The molecule has 2 aromatic heterocycles. The smallest absolute Gasteiger partial charge is 0.269 e. The molecule has 1 saturated carbocycles. The largest absolute Gasteiger partial charge is 0.377 e. The maximum absolute atomic E-state index is 12.1. The van der Waals surface area contributed by atoms with E-state index in [1.165, 1.54) is 32.1 Å². The molecule has 26 heavy (non-hydrogen) atoms. The van der Waals surface area contributed by atoms with Gasteiger partial charge in [-0.3, -0.25) is 9.78 Å². The van der Waals surface area contributed by atoms with Crippen LogP contribution in [-0.4, -0.2) is 40.1 Å². The van der Waals surface area contributed by atoms with Crippen molar-refractivity contribution in [3.05, 3.63) is 47.8 Å². The van der Waals surface area contributed by atoms with Gasteiger partial charge < -0.3 is 20.4 Å². The number of H-pyrrole nitrogens is 1. The van der Waals surface area contributed by atoms with Crippen LogP contribution < -0.4 is 10.6 Å². The Hall–Kier alpha value is -2.25. The van der Waals surface area contributed by atoms with Gasteiger partial charge in [-0.15, -0.1) is 0 Å². The Morgan fingerprint density at radius 2 is 2.08 bits per heavy atom. The van der Waals surface area contributed by atoms with E-state index in [4.69, 9.17) is 4.74 Å². The Labute approximate surface area is 154 Å². The fourth-order valence-electron chi connectivity index (χ4n) is 3.07. The van der Waals surface area contributed by atoms with E-state index in [1.54, 1.807) is 12.4 Å². The lowest BCUT2D eigenvalue weighted by Crippen LogP contribution is -2.25. The summed E-state index contributed by atoms with van der Waals surface area (Å²) < 4.78 is 5.88. The van der Waals surface area contributed by atoms with Crippen LogP contribution in [0.2, 0.25) is 0 Å². The van der Waals surface area contributed by atoms with Crippen molar-refractivity contribution in [1.29, 1.82) is 0 Å². The lowest BCUT2D eigenvalue weighted by atomic mass is 9.98. The van der Waals surface area contributed by atoms with Gasteiger partial charge in [-0.25, -0.2) is 4.98 Å². The second kappa shape index (κ2) is 10.0. The number of imidazole rings is 1. The van der Waals surface area contributed by atoms with E-state index < -0.39 is 0 Å². The Bertz CT molecular complexity index is 668. The first-order chi connectivity index (χ1) is 12.8. The van der Waals surface area contributed by atoms with Crippen molar-refractivity contribution < 1.29 is 9.53 Å². The molecule has 7 nitrogen and oxygen atoms in total. The summed E-state index contributed by atoms with van der Waals surface area (Å²) in [4.78, 5) is 23.6. The number of hydrogen-bond donors (Lipinski definition) is 3. The Kier molecular flexibility index (Phi) is 7.15. The summed E-state index contributed by atoms with van der Waals surface area (Å²) in [7, 11) is 0. The molecule has 2 heterocycles. The summed E-state index contributed by atoms with van der Waals surface area (Å²) >= 11 is 0. The molecule has 0 spiro atoms. The van der Waals surface area contributed by atoms with Crippen LogP contribution in [0.5, 0.6) is 0 Å². The van der Waals surface area contributed by atoms with E-state index in [9.17, 15) is 4.79 Å². The highest BCUT2D eigenvalue weighted by Crippen LogP contribution is 2.19. The second-order valence-electron chi connectivity index (χ2n) is 6.55. The molecule has 3 N–H and O–H groups in total. The van der Waals surface area contributed by atoms with E-state index >= 15 is 0 Å². The Morgan fingerprint density at radius 3 is 2.88 bits per heavy atom. The van der Waals surface area contributed by atoms with Gasteiger partial charge in [0, 0.05) is 12.7 Å². The number of aromatic nitrogens is 3. The molecule has 1 aliphatic carbocycles. The zero-order valence-electron chi connectivity index (χ0n) is 15.0. The van der Waals surface area contributed by atoms with Crippen molar-refractivity contribution >= 4 is 5.91 Å². The molecule has 0 bridgehead atoms. The number of carbonyl (C=O) groups is 1. The van der Waals surface area contributed by atoms with E-state index in [2.05, 4.69) is 25.6 Å². The fourth-order valence-corrected chi connectivity index (χ4v) is 3.07. The molecule has 1 fully saturated rings. The third-order valence-electron chi connectivity index (χ3n) is 4.51. The molecule has 140 valence electrons. The highest BCUT2D eigenvalue weighted by Gasteiger charge is 2.13. The molecule has 0 aliphatic heterocycles. The first kappa shape index (κ1) is 18.5. The van der Waals surface area contributed by atoms with Gasteiger partial charge in [0.1, 0.15) is 11.5 Å². The minimum atomic E-state index is -0.185. The Balaban J connectivity index is 1.32. The molecule has 0 atom stereocenters. The van der Waals surface area contributed by atoms with Gasteiger partial charge in [0.2, 0.25) is 0 Å². The lowest BCUT2D eigenvalue weighted by Gasteiger charge is -2.21. The highest BCUT2D eigenvalue weighted by atomic mass is 16.5. The van der Waals surface area contributed by atoms with Crippen molar-refractivity contribution in [2.75, 3.05) is 13.2 Å². The minimum absolute atomic E-state index is 0.185. The van der Waals surface area contributed by atoms with E-state index in [1.807, 2.05) is 18.2 Å². The molecule has 0 aromatic carbocycles. The number of pyridine rings is 1. The van der Waals surface area contributed by atoms with Crippen molar-refractivity contribution in [2.45, 2.75) is 51.3 Å². The summed E-state index contributed by atoms with van der Waals surface area (Å²) in [6.45, 7) is 2.47. The SMILES string of the molecule is O=C(NCc1ccccn1)c1cnc(CNCCOC2CCCCC2)[nH]1. The lowest BCUT2D eigenvalue weighted by molar-refractivity contribution is 0.0302. The average Bonchev–Trinajstić information content (AvgIpc) is 3.16. The van der Waals surface area contributed by atoms with Crippen LogP contribution in [0.4, 0.5) is 0 Å². The summed E-state index contributed by atoms with van der Waals surface area (Å²) in [6, 6.07) is 5.62. The number of nitrogens with one attached hydrogen (secondary N) is 3. The monoisotopic (exact) mass is 357 g/mol. The third kappa shape index (κ3) is 5.93. The molecule has 0 saturated heterocycles. The molecular weight excluding hydrogens is 330 g/mol. The second-order valence-corrected chi connectivity index (χ2v) is 6.55. The quantitative estimate of drug-likeness (QED) is 0.598. The number of rotatable bonds is 9. The van der Waals surface area contributed by atoms with Crippen molar-refractivity contribution in [3.63, 3.8) is 0 Å². The highest BCUT2D eigenvalue weighted by molar-refractivity contribution is 5.92. The summed E-state index contributed by atoms with van der Waals surface area (Å²) in [5.41, 5.74) is 1.27. The first-order valence-corrected chi connectivity index (χ1v) is 9.35. The van der Waals surface area contributed by atoms with Gasteiger partial charge in [0.25, 0.3) is 5.91 Å². The van der Waals surface area contributed by atoms with Crippen LogP contribution in [0.25, 0.3) is 0 Å². The summed E-state index contributed by atoms with van der Waals surface area (Å²) in [5.74, 6) is 0.556. The normalized spacial score (nSPS) is 15.1. The van der Waals surface area contributed by atoms with Crippen LogP contribution in [-0.2, 0) is 17.8 Å². The molecule has 7 heteroatoms. The van der Waals surface area contributed by atoms with Crippen LogP contribution in [0.3, 0.4) is 0 Å². The zero-order chi connectivity index (χ0) is 18.0. The molecule has 0 radical (unpaired) electrons. The molecule has 0 unspecified atom stereocenters. The molecule has 2 aromatic rings. The van der Waals surface area contributed by atoms with E-state index in [-0.39, 0.29) is 5.91 Å². The molecule has 1 aliphatic rings. The standard InChI is InChI=1S/C19H27N5O2/c25-19(23-12-15-6-4-5-9-21-15)17-13-22-18(24-17)14-20-10-11-26-16-7-2-1-3-8-16/h4-6,9,13,16,20H,1-3,7-8,10-12,14H2,(H,22,24)(H,23,25). The molecule has 1 amide bonds. The Morgan fingerprint density at radius 1 is 1.19 bits per heavy atom. The van der Waals surface area contributed by atoms with Crippen molar-refractivity contribution in [1.82, 2.24) is 25.6 Å².